The first-order chi connectivity index (χ1) is 16.9. The summed E-state index contributed by atoms with van der Waals surface area (Å²) in [5.74, 6) is -0.742. The summed E-state index contributed by atoms with van der Waals surface area (Å²) in [7, 11) is 2.83. The summed E-state index contributed by atoms with van der Waals surface area (Å²) in [6.45, 7) is 1.11. The molecule has 35 heavy (non-hydrogen) atoms. The van der Waals surface area contributed by atoms with Crippen LogP contribution >= 0.6 is 0 Å². The van der Waals surface area contributed by atoms with Gasteiger partial charge in [0, 0.05) is 29.9 Å². The van der Waals surface area contributed by atoms with Crippen LogP contribution in [0.3, 0.4) is 0 Å². The minimum atomic E-state index is -0.951. The summed E-state index contributed by atoms with van der Waals surface area (Å²) < 4.78 is 10.3. The molecule has 3 fully saturated rings. The molecule has 186 valence electrons. The van der Waals surface area contributed by atoms with E-state index in [1.54, 1.807) is 18.1 Å². The Bertz CT molecular complexity index is 1180. The third kappa shape index (κ3) is 4.33. The Hall–Kier alpha value is -3.56. The first-order valence-electron chi connectivity index (χ1n) is 12.0. The standard InChI is InChI=1S/C25H30N4O6/c1-34-20-7-3-6-17-16(20)11-18(27-17)24(32)29-12-14-9-15(14)21(29)23(31)28-19(25(33)35-2)10-13-5-4-8-26-22(13)30/h3,6-7,11,13-15,19,21,27H,4-5,8-10,12H2,1-2H3,(H,26,30)(H,28,31)/t13?,14-,15-,19?,21-/m0/s1. The van der Waals surface area contributed by atoms with Gasteiger partial charge in [-0.15, -0.1) is 0 Å². The highest BCUT2D eigenvalue weighted by atomic mass is 16.5. The molecule has 3 heterocycles. The van der Waals surface area contributed by atoms with Crippen molar-refractivity contribution in [2.75, 3.05) is 27.3 Å². The largest absolute Gasteiger partial charge is 0.496 e. The highest BCUT2D eigenvalue weighted by Gasteiger charge is 2.57. The predicted molar refractivity (Wildman–Crippen MR) is 126 cm³/mol. The molecule has 3 aliphatic rings. The minimum Gasteiger partial charge on any atom is -0.496 e. The number of fused-ring (bicyclic) bond motifs is 2. The van der Waals surface area contributed by atoms with E-state index in [0.29, 0.717) is 31.0 Å². The van der Waals surface area contributed by atoms with Crippen molar-refractivity contribution in [1.82, 2.24) is 20.5 Å². The van der Waals surface area contributed by atoms with Gasteiger partial charge in [-0.1, -0.05) is 6.07 Å². The Morgan fingerprint density at radius 2 is 2.09 bits per heavy atom. The summed E-state index contributed by atoms with van der Waals surface area (Å²) in [5, 5.41) is 6.40. The van der Waals surface area contributed by atoms with Crippen LogP contribution in [0.1, 0.15) is 36.2 Å². The Morgan fingerprint density at radius 1 is 1.26 bits per heavy atom. The van der Waals surface area contributed by atoms with Crippen LogP contribution in [-0.2, 0) is 19.1 Å². The molecule has 1 saturated carbocycles. The van der Waals surface area contributed by atoms with Crippen molar-refractivity contribution < 1.29 is 28.7 Å². The third-order valence-electron chi connectivity index (χ3n) is 7.48. The van der Waals surface area contributed by atoms with Crippen LogP contribution in [-0.4, -0.2) is 73.0 Å². The molecule has 0 radical (unpaired) electrons. The normalized spacial score (nSPS) is 26.0. The third-order valence-corrected chi connectivity index (χ3v) is 7.48. The number of methoxy groups -OCH3 is 2. The first-order valence-corrected chi connectivity index (χ1v) is 12.0. The predicted octanol–water partition coefficient (Wildman–Crippen LogP) is 1.21. The summed E-state index contributed by atoms with van der Waals surface area (Å²) in [4.78, 5) is 56.3. The molecule has 5 rings (SSSR count). The van der Waals surface area contributed by atoms with E-state index in [2.05, 4.69) is 15.6 Å². The highest BCUT2D eigenvalue weighted by Crippen LogP contribution is 2.50. The molecule has 1 aromatic carbocycles. The quantitative estimate of drug-likeness (QED) is 0.509. The Morgan fingerprint density at radius 3 is 2.83 bits per heavy atom. The maximum atomic E-state index is 13.5. The minimum absolute atomic E-state index is 0.0640. The van der Waals surface area contributed by atoms with Crippen molar-refractivity contribution in [2.24, 2.45) is 17.8 Å². The van der Waals surface area contributed by atoms with Crippen LogP contribution in [0.25, 0.3) is 10.9 Å². The highest BCUT2D eigenvalue weighted by molar-refractivity contribution is 6.02. The van der Waals surface area contributed by atoms with Gasteiger partial charge in [0.25, 0.3) is 5.91 Å². The van der Waals surface area contributed by atoms with E-state index in [1.807, 2.05) is 18.2 Å². The van der Waals surface area contributed by atoms with E-state index in [9.17, 15) is 19.2 Å². The number of piperidine rings is 2. The van der Waals surface area contributed by atoms with Crippen molar-refractivity contribution in [3.8, 4) is 5.75 Å². The number of aromatic amines is 1. The summed E-state index contributed by atoms with van der Waals surface area (Å²) in [5.41, 5.74) is 1.15. The second-order valence-electron chi connectivity index (χ2n) is 9.62. The number of aromatic nitrogens is 1. The Balaban J connectivity index is 1.34. The molecule has 0 spiro atoms. The van der Waals surface area contributed by atoms with Gasteiger partial charge >= 0.3 is 5.97 Å². The number of esters is 1. The summed E-state index contributed by atoms with van der Waals surface area (Å²) in [6, 6.07) is 5.65. The number of carbonyl (C=O) groups is 4. The molecule has 2 aliphatic heterocycles. The van der Waals surface area contributed by atoms with Crippen molar-refractivity contribution in [1.29, 1.82) is 0 Å². The summed E-state index contributed by atoms with van der Waals surface area (Å²) in [6.07, 6.45) is 2.51. The number of hydrogen-bond donors (Lipinski definition) is 3. The van der Waals surface area contributed by atoms with Gasteiger partial charge in [0.1, 0.15) is 23.5 Å². The number of H-pyrrole nitrogens is 1. The molecule has 1 aromatic heterocycles. The monoisotopic (exact) mass is 482 g/mol. The van der Waals surface area contributed by atoms with Crippen LogP contribution in [0.15, 0.2) is 24.3 Å². The van der Waals surface area contributed by atoms with Gasteiger partial charge in [-0.3, -0.25) is 14.4 Å². The number of nitrogens with one attached hydrogen (secondary N) is 3. The zero-order valence-electron chi connectivity index (χ0n) is 19.8. The van der Waals surface area contributed by atoms with Crippen molar-refractivity contribution in [2.45, 2.75) is 37.8 Å². The molecule has 3 N–H and O–H groups in total. The fraction of sp³-hybridized carbons (Fsp3) is 0.520. The number of rotatable bonds is 7. The lowest BCUT2D eigenvalue weighted by Gasteiger charge is -2.29. The number of ether oxygens (including phenoxy) is 2. The number of hydrogen-bond acceptors (Lipinski definition) is 6. The van der Waals surface area contributed by atoms with Crippen molar-refractivity contribution in [3.63, 3.8) is 0 Å². The number of likely N-dealkylation sites (tertiary alicyclic amines) is 1. The van der Waals surface area contributed by atoms with Crippen LogP contribution < -0.4 is 15.4 Å². The molecule has 3 amide bonds. The fourth-order valence-corrected chi connectivity index (χ4v) is 5.54. The second-order valence-corrected chi connectivity index (χ2v) is 9.62. The molecule has 2 aromatic rings. The van der Waals surface area contributed by atoms with Gasteiger partial charge in [0.2, 0.25) is 11.8 Å². The smallest absolute Gasteiger partial charge is 0.328 e. The maximum Gasteiger partial charge on any atom is 0.328 e. The molecule has 10 nitrogen and oxygen atoms in total. The Labute approximate surface area is 202 Å². The van der Waals surface area contributed by atoms with Crippen LogP contribution in [0.4, 0.5) is 0 Å². The van der Waals surface area contributed by atoms with Crippen molar-refractivity contribution in [3.05, 3.63) is 30.0 Å². The van der Waals surface area contributed by atoms with Gasteiger partial charge in [-0.05, 0) is 55.7 Å². The summed E-state index contributed by atoms with van der Waals surface area (Å²) >= 11 is 0. The van der Waals surface area contributed by atoms with Gasteiger partial charge in [0.15, 0.2) is 0 Å². The van der Waals surface area contributed by atoms with Gasteiger partial charge < -0.3 is 30.0 Å². The zero-order valence-corrected chi connectivity index (χ0v) is 19.8. The SMILES string of the molecule is COC(=O)C(CC1CCCNC1=O)NC(=O)[C@@H]1[C@H]2C[C@H]2CN1C(=O)c1cc2c(OC)cccc2[nH]1. The molecule has 0 bridgehead atoms. The lowest BCUT2D eigenvalue weighted by atomic mass is 9.91. The number of benzene rings is 1. The van der Waals surface area contributed by atoms with Crippen LogP contribution in [0.2, 0.25) is 0 Å². The van der Waals surface area contributed by atoms with E-state index in [4.69, 9.17) is 9.47 Å². The van der Waals surface area contributed by atoms with Crippen molar-refractivity contribution >= 4 is 34.6 Å². The van der Waals surface area contributed by atoms with E-state index in [-0.39, 0.29) is 41.9 Å². The molecular weight excluding hydrogens is 452 g/mol. The van der Waals surface area contributed by atoms with Gasteiger partial charge in [0.05, 0.1) is 14.2 Å². The van der Waals surface area contributed by atoms with E-state index in [1.165, 1.54) is 7.11 Å². The zero-order chi connectivity index (χ0) is 24.7. The average Bonchev–Trinajstić information content (AvgIpc) is 3.31. The second kappa shape index (κ2) is 9.24. The molecule has 2 saturated heterocycles. The Kier molecular flexibility index (Phi) is 6.12. The number of carbonyl (C=O) groups excluding carboxylic acids is 4. The fourth-order valence-electron chi connectivity index (χ4n) is 5.54. The maximum absolute atomic E-state index is 13.5. The lowest BCUT2D eigenvalue weighted by molar-refractivity contribution is -0.146. The van der Waals surface area contributed by atoms with E-state index in [0.717, 1.165) is 23.7 Å². The first kappa shape index (κ1) is 23.2. The van der Waals surface area contributed by atoms with E-state index < -0.39 is 18.1 Å². The van der Waals surface area contributed by atoms with E-state index >= 15 is 0 Å². The average molecular weight is 483 g/mol. The van der Waals surface area contributed by atoms with Gasteiger partial charge in [-0.25, -0.2) is 4.79 Å². The van der Waals surface area contributed by atoms with Gasteiger partial charge in [-0.2, -0.15) is 0 Å². The topological polar surface area (TPSA) is 130 Å². The molecule has 10 heteroatoms. The molecule has 1 aliphatic carbocycles. The van der Waals surface area contributed by atoms with Crippen LogP contribution in [0.5, 0.6) is 5.75 Å². The number of amides is 3. The molecular formula is C25H30N4O6. The molecule has 2 unspecified atom stereocenters. The lowest BCUT2D eigenvalue weighted by Crippen LogP contribution is -2.53. The number of nitrogens with zero attached hydrogens (tertiary/aromatic N) is 1. The van der Waals surface area contributed by atoms with Crippen LogP contribution in [0, 0.1) is 17.8 Å². The molecule has 5 atom stereocenters.